The first-order valence-corrected chi connectivity index (χ1v) is 47.4. The molecule has 0 radical (unpaired) electrons. The number of carbonyl (C=O) groups is 3. The van der Waals surface area contributed by atoms with Crippen molar-refractivity contribution in [2.45, 2.75) is 373 Å². The van der Waals surface area contributed by atoms with Crippen LogP contribution in [0.2, 0.25) is 0 Å². The molecule has 0 aliphatic heterocycles. The van der Waals surface area contributed by atoms with Crippen LogP contribution < -0.4 is 0 Å². The Labute approximate surface area is 688 Å². The smallest absolute Gasteiger partial charge is 0.463 e. The number of rotatable bonds is 83. The minimum atomic E-state index is -4.94. The number of hydrogen-bond acceptors (Lipinski definition) is 14. The second kappa shape index (κ2) is 86.3. The summed E-state index contributed by atoms with van der Waals surface area (Å²) < 4.78 is 61.3. The fourth-order valence-corrected chi connectivity index (χ4v) is 13.4. The molecule has 5 unspecified atom stereocenters. The monoisotopic (exact) mass is 1620 g/mol. The van der Waals surface area contributed by atoms with Gasteiger partial charge in [0.25, 0.3) is 0 Å². The van der Waals surface area contributed by atoms with Crippen LogP contribution in [-0.4, -0.2) is 95.9 Å². The van der Waals surface area contributed by atoms with Crippen molar-refractivity contribution in [1.29, 1.82) is 0 Å². The molecular weight excluding hydrogens is 1460 g/mol. The first kappa shape index (κ1) is 108. The Morgan fingerprint density at radius 3 is 0.699 bits per heavy atom. The van der Waals surface area contributed by atoms with Crippen LogP contribution in [0.4, 0.5) is 0 Å². The van der Waals surface area contributed by atoms with E-state index in [4.69, 9.17) is 32.3 Å². The molecule has 0 aliphatic rings. The third-order valence-electron chi connectivity index (χ3n) is 18.4. The molecule has 113 heavy (non-hydrogen) atoms. The van der Waals surface area contributed by atoms with E-state index < -0.39 is 91.5 Å². The van der Waals surface area contributed by atoms with Gasteiger partial charge < -0.3 is 34.2 Å². The summed E-state index contributed by atoms with van der Waals surface area (Å²) >= 11 is 0. The van der Waals surface area contributed by atoms with Crippen LogP contribution in [0.5, 0.6) is 0 Å². The number of carbonyl (C=O) groups excluding carboxylic acids is 3. The number of allylic oxidation sites excluding steroid dienone is 28. The van der Waals surface area contributed by atoms with E-state index in [0.717, 1.165) is 173 Å². The SMILES string of the molecule is CC/C=C\C/C=C\C/C=C\C/C=C\C/C=C\C/C=C\CCCCCCCCCCCCCCCCCCC(=O)OCC(O)COP(=O)(O)OCC(O)COP(=O)(O)OCC(COC(=O)CCCCCCCCCCCCC/C=C\C/C=C\C/C=C\C/C=C\C/C=C\CC)OC(=O)CCCCCCC/C=C\C/C=C\C/C=C\CC. The van der Waals surface area contributed by atoms with Crippen LogP contribution in [0.1, 0.15) is 355 Å². The Balaban J connectivity index is 4.45. The highest BCUT2D eigenvalue weighted by atomic mass is 31.2. The summed E-state index contributed by atoms with van der Waals surface area (Å²) in [6.07, 6.45) is 111. The fourth-order valence-electron chi connectivity index (χ4n) is 11.8. The first-order valence-electron chi connectivity index (χ1n) is 44.4. The predicted molar refractivity (Wildman–Crippen MR) is 472 cm³/mol. The minimum Gasteiger partial charge on any atom is -0.463 e. The summed E-state index contributed by atoms with van der Waals surface area (Å²) in [5.41, 5.74) is 0. The zero-order valence-electron chi connectivity index (χ0n) is 71.0. The maximum Gasteiger partial charge on any atom is 0.472 e. The molecule has 0 saturated heterocycles. The molecule has 0 amide bonds. The van der Waals surface area contributed by atoms with E-state index in [0.29, 0.717) is 19.3 Å². The number of ether oxygens (including phenoxy) is 3. The Kier molecular flexibility index (Phi) is 82.4. The van der Waals surface area contributed by atoms with Gasteiger partial charge in [-0.15, -0.1) is 0 Å². The van der Waals surface area contributed by atoms with Crippen molar-refractivity contribution >= 4 is 33.6 Å². The van der Waals surface area contributed by atoms with Crippen molar-refractivity contribution < 1.29 is 75.8 Å². The van der Waals surface area contributed by atoms with Gasteiger partial charge in [-0.05, 0) is 148 Å². The van der Waals surface area contributed by atoms with Gasteiger partial charge in [0.05, 0.1) is 26.4 Å². The second-order valence-electron chi connectivity index (χ2n) is 29.3. The quantitative estimate of drug-likeness (QED) is 0.0146. The lowest BCUT2D eigenvalue weighted by Gasteiger charge is -2.21. The zero-order chi connectivity index (χ0) is 82.2. The molecule has 18 heteroatoms. The Hall–Kier alpha value is -5.09. The summed E-state index contributed by atoms with van der Waals surface area (Å²) in [6.45, 7) is 2.34. The van der Waals surface area contributed by atoms with Crippen LogP contribution in [-0.2, 0) is 55.8 Å². The molecule has 0 saturated carbocycles. The van der Waals surface area contributed by atoms with Gasteiger partial charge in [-0.3, -0.25) is 32.5 Å². The molecule has 0 fully saturated rings. The summed E-state index contributed by atoms with van der Waals surface area (Å²) in [7, 11) is -9.81. The molecule has 0 aliphatic carbocycles. The number of phosphoric acid groups is 2. The Morgan fingerprint density at radius 1 is 0.248 bits per heavy atom. The highest BCUT2D eigenvalue weighted by Crippen LogP contribution is 2.45. The first-order chi connectivity index (χ1) is 55.2. The predicted octanol–water partition coefficient (Wildman–Crippen LogP) is 27.1. The van der Waals surface area contributed by atoms with Crippen LogP contribution in [0, 0.1) is 0 Å². The fraction of sp³-hybridized carbons (Fsp3) is 0.674. The lowest BCUT2D eigenvalue weighted by molar-refractivity contribution is -0.161. The van der Waals surface area contributed by atoms with Gasteiger partial charge in [-0.25, -0.2) is 9.13 Å². The largest absolute Gasteiger partial charge is 0.472 e. The standard InChI is InChI=1S/C95H160O16P2/c1-4-7-10-13-16-19-22-25-28-30-32-34-36-38-40-41-42-43-44-45-46-47-49-51-52-54-56-58-61-63-66-69-72-75-78-81-93(98)105-84-90(96)85-107-112(101,102)108-86-91(97)87-109-113(103,104)110-89-92(111-95(100)83-80-77-74-71-68-65-60-27-24-21-18-15-12-9-6-3)88-106-94(99)82-79-76-73-70-67-64-62-59-57-55-53-50-48-39-37-35-33-31-29-26-23-20-17-14-11-8-5-2/h7-12,16-21,25-29,32-35,38-40,42-43,48,60,90-92,96-97H,4-6,13-15,22-24,30-31,36-37,41,44-47,49-59,61-89H2,1-3H3,(H,101,102)(H,103,104)/b10-7-,11-8-,12-9-,19-16-,20-17-,21-18-,28-25-,29-26-,34-32-,35-33-,40-38-,43-42-,48-39-,60-27-. The van der Waals surface area contributed by atoms with Crippen molar-refractivity contribution in [3.05, 3.63) is 170 Å². The van der Waals surface area contributed by atoms with Crippen molar-refractivity contribution in [3.63, 3.8) is 0 Å². The molecule has 0 aromatic heterocycles. The summed E-state index contributed by atoms with van der Waals surface area (Å²) in [5.74, 6) is -1.59. The molecule has 0 aromatic carbocycles. The highest BCUT2D eigenvalue weighted by molar-refractivity contribution is 7.47. The van der Waals surface area contributed by atoms with Gasteiger partial charge >= 0.3 is 33.6 Å². The van der Waals surface area contributed by atoms with E-state index in [1.807, 2.05) is 0 Å². The molecule has 646 valence electrons. The summed E-state index contributed by atoms with van der Waals surface area (Å²) in [5, 5.41) is 20.7. The summed E-state index contributed by atoms with van der Waals surface area (Å²) in [4.78, 5) is 58.8. The van der Waals surface area contributed by atoms with E-state index >= 15 is 0 Å². The Morgan fingerprint density at radius 2 is 0.442 bits per heavy atom. The van der Waals surface area contributed by atoms with E-state index in [-0.39, 0.29) is 19.3 Å². The highest BCUT2D eigenvalue weighted by Gasteiger charge is 2.29. The van der Waals surface area contributed by atoms with Gasteiger partial charge in [0, 0.05) is 19.3 Å². The van der Waals surface area contributed by atoms with E-state index in [9.17, 15) is 43.5 Å². The maximum absolute atomic E-state index is 13.0. The number of aliphatic hydroxyl groups excluding tert-OH is 2. The van der Waals surface area contributed by atoms with Crippen molar-refractivity contribution in [3.8, 4) is 0 Å². The topological polar surface area (TPSA) is 231 Å². The number of unbranched alkanes of at least 4 members (excludes halogenated alkanes) is 32. The number of hydrogen-bond donors (Lipinski definition) is 4. The van der Waals surface area contributed by atoms with Gasteiger partial charge in [0.1, 0.15) is 25.4 Å². The number of phosphoric ester groups is 2. The molecule has 0 rings (SSSR count). The van der Waals surface area contributed by atoms with E-state index in [1.165, 1.54) is 122 Å². The third kappa shape index (κ3) is 87.6. The molecule has 4 N–H and O–H groups in total. The van der Waals surface area contributed by atoms with Gasteiger partial charge in [0.15, 0.2) is 6.10 Å². The molecule has 0 aromatic rings. The Bertz CT molecular complexity index is 2730. The van der Waals surface area contributed by atoms with Crippen LogP contribution in [0.25, 0.3) is 0 Å². The van der Waals surface area contributed by atoms with Gasteiger partial charge in [-0.1, -0.05) is 358 Å². The number of esters is 3. The molecule has 16 nitrogen and oxygen atoms in total. The average molecular weight is 1620 g/mol. The number of aliphatic hydroxyl groups is 2. The van der Waals surface area contributed by atoms with Crippen molar-refractivity contribution in [2.24, 2.45) is 0 Å². The minimum absolute atomic E-state index is 0.0811. The lowest BCUT2D eigenvalue weighted by Crippen LogP contribution is -2.30. The van der Waals surface area contributed by atoms with Crippen LogP contribution in [0.3, 0.4) is 0 Å². The molecule has 0 bridgehead atoms. The van der Waals surface area contributed by atoms with Crippen molar-refractivity contribution in [2.75, 3.05) is 39.6 Å². The molecule has 0 heterocycles. The second-order valence-corrected chi connectivity index (χ2v) is 32.2. The van der Waals surface area contributed by atoms with Gasteiger partial charge in [-0.2, -0.15) is 0 Å². The van der Waals surface area contributed by atoms with Crippen LogP contribution in [0.15, 0.2) is 170 Å². The average Bonchev–Trinajstić information content (AvgIpc) is 0.904. The third-order valence-corrected chi connectivity index (χ3v) is 20.3. The van der Waals surface area contributed by atoms with Crippen molar-refractivity contribution in [1.82, 2.24) is 0 Å². The molecule has 0 spiro atoms. The maximum atomic E-state index is 13.0. The zero-order valence-corrected chi connectivity index (χ0v) is 72.8. The lowest BCUT2D eigenvalue weighted by atomic mass is 10.0. The molecule has 5 atom stereocenters. The summed E-state index contributed by atoms with van der Waals surface area (Å²) in [6, 6.07) is 0. The van der Waals surface area contributed by atoms with E-state index in [2.05, 4.69) is 191 Å². The van der Waals surface area contributed by atoms with Crippen LogP contribution >= 0.6 is 15.6 Å². The van der Waals surface area contributed by atoms with Gasteiger partial charge in [0.2, 0.25) is 0 Å². The molecular formula is C95H160O16P2. The normalized spacial score (nSPS) is 14.6. The van der Waals surface area contributed by atoms with E-state index in [1.54, 1.807) is 0 Å².